The fourth-order valence-corrected chi connectivity index (χ4v) is 2.17. The van der Waals surface area contributed by atoms with Crippen LogP contribution >= 0.6 is 0 Å². The Kier molecular flexibility index (Phi) is 4.62. The molecule has 1 heterocycles. The number of allylic oxidation sites excluding steroid dienone is 2. The lowest BCUT2D eigenvalue weighted by Crippen LogP contribution is -2.15. The minimum Gasteiger partial charge on any atom is -0.398 e. The van der Waals surface area contributed by atoms with E-state index in [-0.39, 0.29) is 11.3 Å². The molecule has 3 N–H and O–H groups in total. The molecule has 0 atom stereocenters. The Hall–Kier alpha value is -3.47. The van der Waals surface area contributed by atoms with Gasteiger partial charge in [-0.3, -0.25) is 4.79 Å². The van der Waals surface area contributed by atoms with Crippen LogP contribution in [0.25, 0.3) is 23.5 Å². The van der Waals surface area contributed by atoms with E-state index in [1.165, 1.54) is 0 Å². The SMILES string of the molecule is Nc1ccccc1-c1nnc(C=CC=Cc2ccccc2)c(=O)[nH]1. The molecule has 0 bridgehead atoms. The highest BCUT2D eigenvalue weighted by Gasteiger charge is 2.06. The topological polar surface area (TPSA) is 84.7 Å². The fraction of sp³-hybridized carbons (Fsp3) is 0. The highest BCUT2D eigenvalue weighted by molar-refractivity contribution is 5.70. The monoisotopic (exact) mass is 316 g/mol. The highest BCUT2D eigenvalue weighted by atomic mass is 16.1. The van der Waals surface area contributed by atoms with Gasteiger partial charge in [0.05, 0.1) is 0 Å². The summed E-state index contributed by atoms with van der Waals surface area (Å²) in [7, 11) is 0. The molecule has 118 valence electrons. The summed E-state index contributed by atoms with van der Waals surface area (Å²) in [4.78, 5) is 14.8. The summed E-state index contributed by atoms with van der Waals surface area (Å²) in [6, 6.07) is 17.1. The molecule has 0 aliphatic rings. The predicted molar refractivity (Wildman–Crippen MR) is 97.0 cm³/mol. The number of nitrogens with one attached hydrogen (secondary N) is 1. The van der Waals surface area contributed by atoms with Gasteiger partial charge in [0.2, 0.25) is 0 Å². The van der Waals surface area contributed by atoms with Crippen LogP contribution in [0.3, 0.4) is 0 Å². The molecule has 2 aromatic carbocycles. The van der Waals surface area contributed by atoms with Crippen molar-refractivity contribution < 1.29 is 0 Å². The van der Waals surface area contributed by atoms with Gasteiger partial charge >= 0.3 is 0 Å². The lowest BCUT2D eigenvalue weighted by Gasteiger charge is -2.03. The van der Waals surface area contributed by atoms with Gasteiger partial charge in [-0.2, -0.15) is 0 Å². The number of hydrogen-bond acceptors (Lipinski definition) is 4. The third-order valence-electron chi connectivity index (χ3n) is 3.39. The van der Waals surface area contributed by atoms with Crippen molar-refractivity contribution in [3.63, 3.8) is 0 Å². The number of aromatic nitrogens is 3. The molecule has 3 rings (SSSR count). The van der Waals surface area contributed by atoms with Crippen LogP contribution in [0.1, 0.15) is 11.3 Å². The predicted octanol–water partition coefficient (Wildman–Crippen LogP) is 3.14. The van der Waals surface area contributed by atoms with Crippen molar-refractivity contribution in [3.8, 4) is 11.4 Å². The van der Waals surface area contributed by atoms with Crippen LogP contribution in [0, 0.1) is 0 Å². The quantitative estimate of drug-likeness (QED) is 0.572. The number of nitrogen functional groups attached to an aromatic ring is 1. The van der Waals surface area contributed by atoms with Gasteiger partial charge in [0.15, 0.2) is 11.5 Å². The van der Waals surface area contributed by atoms with Crippen LogP contribution in [0.15, 0.2) is 71.5 Å². The number of aromatic amines is 1. The molecule has 0 unspecified atom stereocenters. The molecule has 0 amide bonds. The standard InChI is InChI=1S/C19H16N4O/c20-16-12-6-5-11-15(16)18-21-19(24)17(22-23-18)13-7-4-10-14-8-2-1-3-9-14/h1-13H,20H2,(H,21,23,24). The van der Waals surface area contributed by atoms with E-state index in [4.69, 9.17) is 5.73 Å². The zero-order chi connectivity index (χ0) is 16.8. The van der Waals surface area contributed by atoms with Gasteiger partial charge in [0, 0.05) is 11.3 Å². The van der Waals surface area contributed by atoms with Crippen LogP contribution < -0.4 is 11.3 Å². The molecular formula is C19H16N4O. The van der Waals surface area contributed by atoms with Gasteiger partial charge in [-0.25, -0.2) is 0 Å². The van der Waals surface area contributed by atoms with E-state index in [0.29, 0.717) is 17.1 Å². The van der Waals surface area contributed by atoms with E-state index in [2.05, 4.69) is 15.2 Å². The number of para-hydroxylation sites is 1. The van der Waals surface area contributed by atoms with Gasteiger partial charge in [-0.05, 0) is 23.8 Å². The molecular weight excluding hydrogens is 300 g/mol. The van der Waals surface area contributed by atoms with Crippen molar-refractivity contribution in [1.82, 2.24) is 15.2 Å². The first-order valence-corrected chi connectivity index (χ1v) is 7.46. The third kappa shape index (κ3) is 3.64. The molecule has 0 fully saturated rings. The summed E-state index contributed by atoms with van der Waals surface area (Å²) in [6.07, 6.45) is 7.16. The van der Waals surface area contributed by atoms with Crippen molar-refractivity contribution in [3.05, 3.63) is 88.4 Å². The molecule has 0 radical (unpaired) electrons. The summed E-state index contributed by atoms with van der Waals surface area (Å²) in [6.45, 7) is 0. The number of nitrogens with two attached hydrogens (primary N) is 1. The summed E-state index contributed by atoms with van der Waals surface area (Å²) < 4.78 is 0. The van der Waals surface area contributed by atoms with E-state index in [9.17, 15) is 4.79 Å². The zero-order valence-corrected chi connectivity index (χ0v) is 12.9. The number of benzene rings is 2. The Morgan fingerprint density at radius 3 is 2.33 bits per heavy atom. The summed E-state index contributed by atoms with van der Waals surface area (Å²) in [5.74, 6) is 0.357. The van der Waals surface area contributed by atoms with Crippen molar-refractivity contribution in [2.24, 2.45) is 0 Å². The van der Waals surface area contributed by atoms with Gasteiger partial charge in [-0.15, -0.1) is 10.2 Å². The Morgan fingerprint density at radius 2 is 1.58 bits per heavy atom. The number of H-pyrrole nitrogens is 1. The van der Waals surface area contributed by atoms with Crippen LogP contribution in [-0.2, 0) is 0 Å². The number of rotatable bonds is 4. The Bertz CT molecular complexity index is 943. The van der Waals surface area contributed by atoms with Crippen molar-refractivity contribution in [2.45, 2.75) is 0 Å². The van der Waals surface area contributed by atoms with Crippen molar-refractivity contribution >= 4 is 17.8 Å². The summed E-state index contributed by atoms with van der Waals surface area (Å²) in [5.41, 5.74) is 8.08. The maximum atomic E-state index is 12.1. The molecule has 3 aromatic rings. The minimum atomic E-state index is -0.312. The fourth-order valence-electron chi connectivity index (χ4n) is 2.17. The van der Waals surface area contributed by atoms with Gasteiger partial charge in [0.1, 0.15) is 0 Å². The molecule has 1 aromatic heterocycles. The average molecular weight is 316 g/mol. The number of anilines is 1. The van der Waals surface area contributed by atoms with E-state index >= 15 is 0 Å². The maximum absolute atomic E-state index is 12.1. The Labute approximate surface area is 139 Å². The van der Waals surface area contributed by atoms with Gasteiger partial charge in [-0.1, -0.05) is 60.7 Å². The van der Waals surface area contributed by atoms with Crippen LogP contribution in [0.4, 0.5) is 5.69 Å². The average Bonchev–Trinajstić information content (AvgIpc) is 2.61. The lowest BCUT2D eigenvalue weighted by atomic mass is 10.2. The summed E-state index contributed by atoms with van der Waals surface area (Å²) >= 11 is 0. The molecule has 5 nitrogen and oxygen atoms in total. The Morgan fingerprint density at radius 1 is 0.875 bits per heavy atom. The van der Waals surface area contributed by atoms with Gasteiger partial charge in [0.25, 0.3) is 5.56 Å². The van der Waals surface area contributed by atoms with Crippen LogP contribution in [-0.4, -0.2) is 15.2 Å². The normalized spacial score (nSPS) is 11.3. The molecule has 0 spiro atoms. The van der Waals surface area contributed by atoms with E-state index in [1.807, 2.05) is 54.6 Å². The second-order valence-corrected chi connectivity index (χ2v) is 5.10. The smallest absolute Gasteiger partial charge is 0.277 e. The van der Waals surface area contributed by atoms with Crippen LogP contribution in [0.5, 0.6) is 0 Å². The van der Waals surface area contributed by atoms with E-state index in [1.54, 1.807) is 24.3 Å². The molecule has 0 aliphatic carbocycles. The van der Waals surface area contributed by atoms with Gasteiger partial charge < -0.3 is 10.7 Å². The van der Waals surface area contributed by atoms with E-state index < -0.39 is 0 Å². The minimum absolute atomic E-state index is 0.242. The second kappa shape index (κ2) is 7.19. The first-order chi connectivity index (χ1) is 11.7. The van der Waals surface area contributed by atoms with Crippen molar-refractivity contribution in [1.29, 1.82) is 0 Å². The highest BCUT2D eigenvalue weighted by Crippen LogP contribution is 2.20. The first-order valence-electron chi connectivity index (χ1n) is 7.46. The largest absolute Gasteiger partial charge is 0.398 e. The molecule has 24 heavy (non-hydrogen) atoms. The first kappa shape index (κ1) is 15.4. The molecule has 0 aliphatic heterocycles. The molecule has 0 saturated heterocycles. The summed E-state index contributed by atoms with van der Waals surface area (Å²) in [5, 5.41) is 8.02. The van der Waals surface area contributed by atoms with Crippen LogP contribution in [0.2, 0.25) is 0 Å². The zero-order valence-electron chi connectivity index (χ0n) is 12.9. The lowest BCUT2D eigenvalue weighted by molar-refractivity contribution is 0.942. The molecule has 0 saturated carbocycles. The third-order valence-corrected chi connectivity index (χ3v) is 3.39. The second-order valence-electron chi connectivity index (χ2n) is 5.10. The van der Waals surface area contributed by atoms with E-state index in [0.717, 1.165) is 5.56 Å². The van der Waals surface area contributed by atoms with Crippen molar-refractivity contribution in [2.75, 3.05) is 5.73 Å². The number of nitrogens with zero attached hydrogens (tertiary/aromatic N) is 2. The maximum Gasteiger partial charge on any atom is 0.277 e. The molecule has 5 heteroatoms. The Balaban J connectivity index is 1.78. The number of hydrogen-bond donors (Lipinski definition) is 2.